The van der Waals surface area contributed by atoms with Crippen LogP contribution >= 0.6 is 0 Å². The summed E-state index contributed by atoms with van der Waals surface area (Å²) < 4.78 is 5.51. The Balaban J connectivity index is 1.48. The molecular weight excluding hydrogens is 330 g/mol. The second-order valence-corrected chi connectivity index (χ2v) is 6.33. The van der Waals surface area contributed by atoms with E-state index in [2.05, 4.69) is 17.4 Å². The van der Waals surface area contributed by atoms with Crippen molar-refractivity contribution in [2.75, 3.05) is 39.8 Å². The highest BCUT2D eigenvalue weighted by molar-refractivity contribution is 6.08. The van der Waals surface area contributed by atoms with Crippen LogP contribution in [0.4, 0.5) is 0 Å². The molecule has 0 bridgehead atoms. The van der Waals surface area contributed by atoms with E-state index in [9.17, 15) is 9.59 Å². The van der Waals surface area contributed by atoms with E-state index >= 15 is 0 Å². The summed E-state index contributed by atoms with van der Waals surface area (Å²) in [6.07, 6.45) is 0. The second kappa shape index (κ2) is 8.60. The molecule has 0 radical (unpaired) electrons. The van der Waals surface area contributed by atoms with E-state index in [0.717, 1.165) is 26.2 Å². The minimum Gasteiger partial charge on any atom is -0.484 e. The SMILES string of the molecule is CN1CCN(NC(=O)COc2ccc(C(=O)c3ccccc3)cc2)CC1. The minimum atomic E-state index is -0.181. The number of nitrogens with one attached hydrogen (secondary N) is 1. The van der Waals surface area contributed by atoms with Gasteiger partial charge in [-0.15, -0.1) is 0 Å². The van der Waals surface area contributed by atoms with Crippen molar-refractivity contribution < 1.29 is 14.3 Å². The van der Waals surface area contributed by atoms with Crippen molar-refractivity contribution in [3.8, 4) is 5.75 Å². The largest absolute Gasteiger partial charge is 0.484 e. The maximum atomic E-state index is 12.4. The van der Waals surface area contributed by atoms with Gasteiger partial charge >= 0.3 is 0 Å². The van der Waals surface area contributed by atoms with E-state index in [4.69, 9.17) is 4.74 Å². The molecule has 3 rings (SSSR count). The standard InChI is InChI=1S/C20H23N3O3/c1-22-11-13-23(14-12-22)21-19(24)15-26-18-9-7-17(8-10-18)20(25)16-5-3-2-4-6-16/h2-10H,11-15H2,1H3,(H,21,24). The number of carbonyl (C=O) groups excluding carboxylic acids is 2. The van der Waals surface area contributed by atoms with Gasteiger partial charge in [0.1, 0.15) is 5.75 Å². The molecule has 1 fully saturated rings. The van der Waals surface area contributed by atoms with E-state index in [0.29, 0.717) is 16.9 Å². The molecule has 0 aromatic heterocycles. The van der Waals surface area contributed by atoms with Crippen LogP contribution in [0.1, 0.15) is 15.9 Å². The fourth-order valence-corrected chi connectivity index (χ4v) is 2.73. The third-order valence-corrected chi connectivity index (χ3v) is 4.31. The number of carbonyl (C=O) groups is 2. The predicted octanol–water partition coefficient (Wildman–Crippen LogP) is 1.57. The van der Waals surface area contributed by atoms with Crippen molar-refractivity contribution in [2.45, 2.75) is 0 Å². The van der Waals surface area contributed by atoms with Gasteiger partial charge in [-0.05, 0) is 31.3 Å². The van der Waals surface area contributed by atoms with Crippen LogP contribution in [0.5, 0.6) is 5.75 Å². The zero-order valence-electron chi connectivity index (χ0n) is 14.9. The third kappa shape index (κ3) is 4.91. The van der Waals surface area contributed by atoms with Gasteiger partial charge in [0.2, 0.25) is 0 Å². The Labute approximate surface area is 153 Å². The highest BCUT2D eigenvalue weighted by atomic mass is 16.5. The molecule has 2 aromatic carbocycles. The second-order valence-electron chi connectivity index (χ2n) is 6.33. The number of hydrogen-bond donors (Lipinski definition) is 1. The fraction of sp³-hybridized carbons (Fsp3) is 0.300. The van der Waals surface area contributed by atoms with Crippen LogP contribution in [0.2, 0.25) is 0 Å². The number of rotatable bonds is 6. The number of ketones is 1. The fourth-order valence-electron chi connectivity index (χ4n) is 2.73. The first-order valence-electron chi connectivity index (χ1n) is 8.67. The molecule has 136 valence electrons. The monoisotopic (exact) mass is 353 g/mol. The van der Waals surface area contributed by atoms with E-state index in [1.54, 1.807) is 36.4 Å². The van der Waals surface area contributed by atoms with E-state index in [1.807, 2.05) is 23.2 Å². The van der Waals surface area contributed by atoms with E-state index < -0.39 is 0 Å². The average molecular weight is 353 g/mol. The van der Waals surface area contributed by atoms with Gasteiger partial charge in [-0.3, -0.25) is 15.0 Å². The third-order valence-electron chi connectivity index (χ3n) is 4.31. The molecule has 0 spiro atoms. The number of likely N-dealkylation sites (N-methyl/N-ethyl adjacent to an activating group) is 1. The first-order chi connectivity index (χ1) is 12.6. The van der Waals surface area contributed by atoms with Gasteiger partial charge in [0, 0.05) is 37.3 Å². The van der Waals surface area contributed by atoms with E-state index in [1.165, 1.54) is 0 Å². The Morgan fingerprint density at radius 2 is 1.54 bits per heavy atom. The molecule has 0 unspecified atom stereocenters. The summed E-state index contributed by atoms with van der Waals surface area (Å²) in [6, 6.07) is 16.0. The maximum absolute atomic E-state index is 12.4. The molecular formula is C20H23N3O3. The number of ether oxygens (including phenoxy) is 1. The van der Waals surface area contributed by atoms with Crippen LogP contribution in [-0.4, -0.2) is 61.4 Å². The van der Waals surface area contributed by atoms with Crippen LogP contribution in [0.15, 0.2) is 54.6 Å². The molecule has 1 aliphatic heterocycles. The lowest BCUT2D eigenvalue weighted by Crippen LogP contribution is -2.53. The summed E-state index contributed by atoms with van der Waals surface area (Å²) in [7, 11) is 2.06. The van der Waals surface area contributed by atoms with Crippen molar-refractivity contribution in [1.29, 1.82) is 0 Å². The number of benzene rings is 2. The first-order valence-corrected chi connectivity index (χ1v) is 8.67. The zero-order chi connectivity index (χ0) is 18.4. The van der Waals surface area contributed by atoms with Gasteiger partial charge in [-0.2, -0.15) is 0 Å². The topological polar surface area (TPSA) is 61.9 Å². The smallest absolute Gasteiger partial charge is 0.272 e. The van der Waals surface area contributed by atoms with Crippen molar-refractivity contribution in [1.82, 2.24) is 15.3 Å². The number of hydrazine groups is 1. The van der Waals surface area contributed by atoms with Gasteiger partial charge < -0.3 is 9.64 Å². The molecule has 26 heavy (non-hydrogen) atoms. The summed E-state index contributed by atoms with van der Waals surface area (Å²) in [6.45, 7) is 3.41. The Bertz CT molecular complexity index is 739. The van der Waals surface area contributed by atoms with Crippen LogP contribution < -0.4 is 10.2 Å². The van der Waals surface area contributed by atoms with Gasteiger partial charge in [0.15, 0.2) is 12.4 Å². The lowest BCUT2D eigenvalue weighted by Gasteiger charge is -2.32. The number of piperazine rings is 1. The number of hydrogen-bond acceptors (Lipinski definition) is 5. The van der Waals surface area contributed by atoms with Gasteiger partial charge in [-0.25, -0.2) is 5.01 Å². The van der Waals surface area contributed by atoms with Crippen molar-refractivity contribution in [3.05, 3.63) is 65.7 Å². The van der Waals surface area contributed by atoms with Crippen LogP contribution in [0.25, 0.3) is 0 Å². The summed E-state index contributed by atoms with van der Waals surface area (Å²) in [4.78, 5) is 26.6. The molecule has 0 aliphatic carbocycles. The summed E-state index contributed by atoms with van der Waals surface area (Å²) in [5.41, 5.74) is 4.08. The Kier molecular flexibility index (Phi) is 5.99. The normalized spacial score (nSPS) is 15.4. The zero-order valence-corrected chi connectivity index (χ0v) is 14.9. The number of nitrogens with zero attached hydrogens (tertiary/aromatic N) is 2. The molecule has 1 saturated heterocycles. The molecule has 6 heteroatoms. The minimum absolute atomic E-state index is 0.0371. The molecule has 6 nitrogen and oxygen atoms in total. The lowest BCUT2D eigenvalue weighted by atomic mass is 10.0. The predicted molar refractivity (Wildman–Crippen MR) is 99.0 cm³/mol. The average Bonchev–Trinajstić information content (AvgIpc) is 2.69. The highest BCUT2D eigenvalue weighted by Gasteiger charge is 2.16. The lowest BCUT2D eigenvalue weighted by molar-refractivity contribution is -0.128. The van der Waals surface area contributed by atoms with Crippen LogP contribution in [0, 0.1) is 0 Å². The van der Waals surface area contributed by atoms with Crippen LogP contribution in [-0.2, 0) is 4.79 Å². The number of amides is 1. The van der Waals surface area contributed by atoms with Gasteiger partial charge in [0.25, 0.3) is 5.91 Å². The molecule has 1 heterocycles. The van der Waals surface area contributed by atoms with Crippen molar-refractivity contribution >= 4 is 11.7 Å². The summed E-state index contributed by atoms with van der Waals surface area (Å²) in [5, 5.41) is 1.91. The molecule has 0 atom stereocenters. The summed E-state index contributed by atoms with van der Waals surface area (Å²) in [5.74, 6) is 0.340. The van der Waals surface area contributed by atoms with E-state index in [-0.39, 0.29) is 18.3 Å². The van der Waals surface area contributed by atoms with Crippen molar-refractivity contribution in [3.63, 3.8) is 0 Å². The quantitative estimate of drug-likeness (QED) is 0.799. The Hall–Kier alpha value is -2.70. The first kappa shape index (κ1) is 18.1. The molecule has 1 aliphatic rings. The molecule has 0 saturated carbocycles. The Morgan fingerprint density at radius 1 is 0.923 bits per heavy atom. The molecule has 1 amide bonds. The van der Waals surface area contributed by atoms with Crippen molar-refractivity contribution in [2.24, 2.45) is 0 Å². The maximum Gasteiger partial charge on any atom is 0.272 e. The highest BCUT2D eigenvalue weighted by Crippen LogP contribution is 2.15. The van der Waals surface area contributed by atoms with Crippen LogP contribution in [0.3, 0.4) is 0 Å². The van der Waals surface area contributed by atoms with Gasteiger partial charge in [0.05, 0.1) is 0 Å². The van der Waals surface area contributed by atoms with Gasteiger partial charge in [-0.1, -0.05) is 30.3 Å². The Morgan fingerprint density at radius 3 is 2.19 bits per heavy atom. The summed E-state index contributed by atoms with van der Waals surface area (Å²) >= 11 is 0. The molecule has 1 N–H and O–H groups in total. The molecule has 2 aromatic rings.